The van der Waals surface area contributed by atoms with Gasteiger partial charge in [-0.15, -0.1) is 0 Å². The monoisotopic (exact) mass is 366 g/mol. The zero-order valence-corrected chi connectivity index (χ0v) is 16.4. The number of aromatic amines is 1. The van der Waals surface area contributed by atoms with Crippen molar-refractivity contribution in [1.82, 2.24) is 19.8 Å². The largest absolute Gasteiger partial charge is 0.348 e. The van der Waals surface area contributed by atoms with Gasteiger partial charge in [-0.2, -0.15) is 0 Å². The summed E-state index contributed by atoms with van der Waals surface area (Å²) < 4.78 is 0. The molecule has 1 unspecified atom stereocenters. The van der Waals surface area contributed by atoms with Crippen LogP contribution in [0.3, 0.4) is 0 Å². The number of fused-ring (bicyclic) bond motifs is 1. The topological polar surface area (TPSA) is 52.2 Å². The van der Waals surface area contributed by atoms with E-state index < -0.39 is 0 Å². The van der Waals surface area contributed by atoms with Gasteiger partial charge in [-0.3, -0.25) is 9.69 Å². The Labute approximate surface area is 161 Å². The zero-order chi connectivity index (χ0) is 18.8. The summed E-state index contributed by atoms with van der Waals surface area (Å²) in [6.07, 6.45) is 4.92. The second-order valence-electron chi connectivity index (χ2n) is 8.25. The number of likely N-dealkylation sites (tertiary alicyclic amines) is 1. The van der Waals surface area contributed by atoms with Crippen LogP contribution in [0.25, 0.3) is 0 Å². The lowest BCUT2D eigenvalue weighted by molar-refractivity contribution is -0.139. The van der Waals surface area contributed by atoms with Gasteiger partial charge in [0.1, 0.15) is 0 Å². The molecule has 3 heterocycles. The Morgan fingerprint density at radius 1 is 1.19 bits per heavy atom. The van der Waals surface area contributed by atoms with Gasteiger partial charge in [0.2, 0.25) is 5.91 Å². The molecule has 2 aromatic rings. The summed E-state index contributed by atoms with van der Waals surface area (Å²) >= 11 is 0. The Hall–Kier alpha value is -2.14. The van der Waals surface area contributed by atoms with Gasteiger partial charge in [-0.1, -0.05) is 44.2 Å². The highest BCUT2D eigenvalue weighted by molar-refractivity contribution is 5.79. The average molecular weight is 367 g/mol. The van der Waals surface area contributed by atoms with E-state index in [0.717, 1.165) is 51.1 Å². The predicted molar refractivity (Wildman–Crippen MR) is 106 cm³/mol. The third kappa shape index (κ3) is 3.79. The molecule has 2 aliphatic rings. The van der Waals surface area contributed by atoms with Gasteiger partial charge in [0.25, 0.3) is 0 Å². The van der Waals surface area contributed by atoms with Gasteiger partial charge in [0.05, 0.1) is 18.1 Å². The van der Waals surface area contributed by atoms with E-state index in [1.165, 1.54) is 11.3 Å². The third-order valence-corrected chi connectivity index (χ3v) is 6.07. The highest BCUT2D eigenvalue weighted by Gasteiger charge is 2.39. The molecule has 1 saturated heterocycles. The van der Waals surface area contributed by atoms with Crippen molar-refractivity contribution < 1.29 is 4.79 Å². The van der Waals surface area contributed by atoms with E-state index in [1.54, 1.807) is 6.33 Å². The molecule has 2 aliphatic heterocycles. The number of nitrogens with one attached hydrogen (secondary N) is 1. The van der Waals surface area contributed by atoms with Crippen LogP contribution < -0.4 is 0 Å². The fourth-order valence-electron chi connectivity index (χ4n) is 4.63. The minimum absolute atomic E-state index is 0.0335. The number of hydrogen-bond acceptors (Lipinski definition) is 3. The van der Waals surface area contributed by atoms with Crippen molar-refractivity contribution in [3.63, 3.8) is 0 Å². The lowest BCUT2D eigenvalue weighted by Crippen LogP contribution is -2.47. The van der Waals surface area contributed by atoms with Crippen molar-refractivity contribution in [1.29, 1.82) is 0 Å². The Morgan fingerprint density at radius 3 is 2.63 bits per heavy atom. The average Bonchev–Trinajstić information content (AvgIpc) is 3.17. The van der Waals surface area contributed by atoms with Crippen molar-refractivity contribution >= 4 is 5.91 Å². The maximum atomic E-state index is 12.9. The molecule has 27 heavy (non-hydrogen) atoms. The van der Waals surface area contributed by atoms with E-state index in [1.807, 2.05) is 13.8 Å². The first-order chi connectivity index (χ1) is 13.1. The van der Waals surface area contributed by atoms with Gasteiger partial charge in [0, 0.05) is 31.1 Å². The molecule has 1 N–H and O–H groups in total. The molecule has 144 valence electrons. The van der Waals surface area contributed by atoms with Gasteiger partial charge < -0.3 is 9.88 Å². The van der Waals surface area contributed by atoms with E-state index >= 15 is 0 Å². The highest BCUT2D eigenvalue weighted by atomic mass is 16.2. The first-order valence-electron chi connectivity index (χ1n) is 10.2. The van der Waals surface area contributed by atoms with Crippen LogP contribution >= 0.6 is 0 Å². The number of hydrogen-bond donors (Lipinski definition) is 1. The van der Waals surface area contributed by atoms with Crippen LogP contribution in [-0.2, 0) is 17.8 Å². The Balaban J connectivity index is 1.47. The van der Waals surface area contributed by atoms with Crippen LogP contribution in [-0.4, -0.2) is 45.3 Å². The van der Waals surface area contributed by atoms with Crippen LogP contribution in [0, 0.1) is 11.8 Å². The zero-order valence-electron chi connectivity index (χ0n) is 16.4. The Morgan fingerprint density at radius 2 is 1.93 bits per heavy atom. The number of nitrogens with zero attached hydrogens (tertiary/aromatic N) is 3. The molecule has 4 rings (SSSR count). The number of piperidine rings is 1. The molecule has 5 nitrogen and oxygen atoms in total. The van der Waals surface area contributed by atoms with Crippen LogP contribution in [0.5, 0.6) is 0 Å². The molecule has 1 atom stereocenters. The van der Waals surface area contributed by atoms with E-state index in [9.17, 15) is 4.79 Å². The molecule has 5 heteroatoms. The van der Waals surface area contributed by atoms with Crippen LogP contribution in [0.1, 0.15) is 49.7 Å². The second-order valence-corrected chi connectivity index (χ2v) is 8.25. The Bertz CT molecular complexity index is 762. The van der Waals surface area contributed by atoms with Gasteiger partial charge in [-0.05, 0) is 37.4 Å². The van der Waals surface area contributed by atoms with Crippen LogP contribution in [0.4, 0.5) is 0 Å². The first-order valence-corrected chi connectivity index (χ1v) is 10.2. The van der Waals surface area contributed by atoms with Crippen molar-refractivity contribution in [2.75, 3.05) is 19.6 Å². The lowest BCUT2D eigenvalue weighted by Gasteiger charge is -2.43. The highest BCUT2D eigenvalue weighted by Crippen LogP contribution is 2.39. The van der Waals surface area contributed by atoms with Crippen LogP contribution in [0.15, 0.2) is 36.7 Å². The van der Waals surface area contributed by atoms with E-state index in [0.29, 0.717) is 5.92 Å². The van der Waals surface area contributed by atoms with Crippen molar-refractivity contribution in [2.45, 2.75) is 45.7 Å². The maximum Gasteiger partial charge on any atom is 0.225 e. The lowest BCUT2D eigenvalue weighted by atomic mass is 9.83. The normalized spacial score (nSPS) is 21.4. The van der Waals surface area contributed by atoms with Crippen LogP contribution in [0.2, 0.25) is 0 Å². The number of rotatable bonds is 4. The summed E-state index contributed by atoms with van der Waals surface area (Å²) in [4.78, 5) is 25.4. The number of H-pyrrole nitrogens is 1. The fraction of sp³-hybridized carbons (Fsp3) is 0.545. The summed E-state index contributed by atoms with van der Waals surface area (Å²) in [7, 11) is 0. The minimum atomic E-state index is 0.0335. The van der Waals surface area contributed by atoms with Gasteiger partial charge >= 0.3 is 0 Å². The molecule has 0 spiro atoms. The van der Waals surface area contributed by atoms with E-state index in [4.69, 9.17) is 0 Å². The molecule has 1 fully saturated rings. The number of benzene rings is 1. The molecule has 0 bridgehead atoms. The number of carbonyl (C=O) groups excluding carboxylic acids is 1. The summed E-state index contributed by atoms with van der Waals surface area (Å²) in [6, 6.07) is 10.8. The molecule has 0 saturated carbocycles. The third-order valence-electron chi connectivity index (χ3n) is 6.07. The smallest absolute Gasteiger partial charge is 0.225 e. The quantitative estimate of drug-likeness (QED) is 0.902. The fourth-order valence-corrected chi connectivity index (χ4v) is 4.63. The number of aromatic nitrogens is 2. The van der Waals surface area contributed by atoms with Crippen molar-refractivity contribution in [2.24, 2.45) is 11.8 Å². The van der Waals surface area contributed by atoms with E-state index in [-0.39, 0.29) is 17.9 Å². The van der Waals surface area contributed by atoms with E-state index in [2.05, 4.69) is 50.1 Å². The summed E-state index contributed by atoms with van der Waals surface area (Å²) in [5.41, 5.74) is 3.70. The predicted octanol–water partition coefficient (Wildman–Crippen LogP) is 3.40. The molecular formula is C22H30N4O. The Kier molecular flexibility index (Phi) is 5.30. The van der Waals surface area contributed by atoms with Gasteiger partial charge in [0.15, 0.2) is 0 Å². The number of carbonyl (C=O) groups is 1. The molecular weight excluding hydrogens is 336 g/mol. The summed E-state index contributed by atoms with van der Waals surface area (Å²) in [5.74, 6) is 0.786. The molecule has 1 aromatic carbocycles. The summed E-state index contributed by atoms with van der Waals surface area (Å²) in [6.45, 7) is 7.99. The molecule has 1 amide bonds. The summed E-state index contributed by atoms with van der Waals surface area (Å²) in [5, 5.41) is 0. The van der Waals surface area contributed by atoms with Gasteiger partial charge in [-0.25, -0.2) is 4.98 Å². The van der Waals surface area contributed by atoms with Crippen molar-refractivity contribution in [3.05, 3.63) is 53.6 Å². The molecule has 0 aliphatic carbocycles. The number of amides is 1. The number of imidazole rings is 1. The molecule has 0 radical (unpaired) electrons. The SMILES string of the molecule is CC(C)C(=O)N1CCc2[nH]cnc2C1C1CCN(Cc2ccccc2)CC1. The first kappa shape index (κ1) is 18.2. The maximum absolute atomic E-state index is 12.9. The standard InChI is InChI=1S/C22H30N4O/c1-16(2)22(27)26-13-10-19-20(24-15-23-19)21(26)18-8-11-25(12-9-18)14-17-6-4-3-5-7-17/h3-7,15-16,18,21H,8-14H2,1-2H3,(H,23,24). The minimum Gasteiger partial charge on any atom is -0.348 e. The van der Waals surface area contributed by atoms with Crippen molar-refractivity contribution in [3.8, 4) is 0 Å². The molecule has 1 aromatic heterocycles. The second kappa shape index (κ2) is 7.85.